The van der Waals surface area contributed by atoms with E-state index in [1.807, 2.05) is 18.2 Å². The number of piperidine rings is 1. The van der Waals surface area contributed by atoms with Crippen LogP contribution in [0, 0.1) is 11.7 Å². The third-order valence-electron chi connectivity index (χ3n) is 8.82. The molecule has 2 aliphatic rings. The second-order valence-corrected chi connectivity index (χ2v) is 12.4. The summed E-state index contributed by atoms with van der Waals surface area (Å²) in [5, 5.41) is 20.0. The summed E-state index contributed by atoms with van der Waals surface area (Å²) >= 11 is 5.94. The topological polar surface area (TPSA) is 141 Å². The van der Waals surface area contributed by atoms with Gasteiger partial charge in [-0.1, -0.05) is 35.0 Å². The molecule has 0 unspecified atom stereocenters. The van der Waals surface area contributed by atoms with Crippen LogP contribution < -0.4 is 10.2 Å². The van der Waals surface area contributed by atoms with Crippen molar-refractivity contribution in [1.82, 2.24) is 24.8 Å². The van der Waals surface area contributed by atoms with E-state index >= 15 is 0 Å². The molecule has 1 fully saturated rings. The number of hydrogen-bond acceptors (Lipinski definition) is 7. The van der Waals surface area contributed by atoms with Gasteiger partial charge in [0.05, 0.1) is 16.8 Å². The molecule has 1 saturated heterocycles. The molecule has 0 radical (unpaired) electrons. The summed E-state index contributed by atoms with van der Waals surface area (Å²) in [4.78, 5) is 57.3. The van der Waals surface area contributed by atoms with Crippen LogP contribution in [0.3, 0.4) is 0 Å². The van der Waals surface area contributed by atoms with Gasteiger partial charge in [0, 0.05) is 51.0 Å². The molecular formula is C34H33ClFN7O5. The first kappa shape index (κ1) is 32.6. The van der Waals surface area contributed by atoms with Crippen molar-refractivity contribution in [3.8, 4) is 5.69 Å². The highest BCUT2D eigenvalue weighted by molar-refractivity contribution is 6.30. The van der Waals surface area contributed by atoms with Crippen molar-refractivity contribution in [3.63, 3.8) is 0 Å². The molecular weight excluding hydrogens is 641 g/mol. The maximum atomic E-state index is 14.7. The highest BCUT2D eigenvalue weighted by atomic mass is 35.5. The minimum absolute atomic E-state index is 0.0119. The molecule has 3 aromatic carbocycles. The fourth-order valence-corrected chi connectivity index (χ4v) is 6.55. The Labute approximate surface area is 280 Å². The highest BCUT2D eigenvalue weighted by Gasteiger charge is 2.39. The number of nitrogens with one attached hydrogen (secondary N) is 1. The third-order valence-corrected chi connectivity index (χ3v) is 9.11. The Morgan fingerprint density at radius 3 is 2.33 bits per heavy atom. The second-order valence-electron chi connectivity index (χ2n) is 12.0. The van der Waals surface area contributed by atoms with Crippen molar-refractivity contribution < 1.29 is 28.7 Å². The Balaban J connectivity index is 1.32. The van der Waals surface area contributed by atoms with E-state index in [4.69, 9.17) is 11.6 Å². The Bertz CT molecular complexity index is 1890. The smallest absolute Gasteiger partial charge is 0.335 e. The van der Waals surface area contributed by atoms with Crippen molar-refractivity contribution in [2.24, 2.45) is 5.92 Å². The number of carbonyl (C=O) groups excluding carboxylic acids is 3. The molecule has 3 heterocycles. The summed E-state index contributed by atoms with van der Waals surface area (Å²) in [5.74, 6) is -2.84. The lowest BCUT2D eigenvalue weighted by molar-refractivity contribution is -0.133. The minimum atomic E-state index is -1.10. The Kier molecular flexibility index (Phi) is 9.13. The van der Waals surface area contributed by atoms with Gasteiger partial charge >= 0.3 is 5.97 Å². The molecule has 48 heavy (non-hydrogen) atoms. The van der Waals surface area contributed by atoms with Gasteiger partial charge in [-0.15, -0.1) is 5.10 Å². The number of aromatic carboxylic acids is 1. The number of rotatable bonds is 7. The van der Waals surface area contributed by atoms with Crippen molar-refractivity contribution in [1.29, 1.82) is 0 Å². The summed E-state index contributed by atoms with van der Waals surface area (Å²) < 4.78 is 15.8. The van der Waals surface area contributed by atoms with E-state index in [-0.39, 0.29) is 40.3 Å². The number of hydrogen-bond donors (Lipinski definition) is 2. The quantitative estimate of drug-likeness (QED) is 0.294. The van der Waals surface area contributed by atoms with Crippen LogP contribution in [0.4, 0.5) is 15.8 Å². The molecule has 3 amide bonds. The molecule has 1 aromatic heterocycles. The van der Waals surface area contributed by atoms with Crippen molar-refractivity contribution in [2.45, 2.75) is 25.3 Å². The molecule has 1 atom stereocenters. The SMILES string of the molecule is CN(C)C(=O)C1CCN(c2cccc3c2CCN(C(=O)c2cn(-c4cccc(Cl)c4F)nn2)[C@@H]3C(=O)Nc2ccc(C(=O)O)cc2)CC1. The van der Waals surface area contributed by atoms with Crippen molar-refractivity contribution >= 4 is 46.7 Å². The van der Waals surface area contributed by atoms with Crippen LogP contribution >= 0.6 is 11.6 Å². The van der Waals surface area contributed by atoms with Gasteiger partial charge in [-0.2, -0.15) is 0 Å². The number of benzene rings is 3. The molecule has 2 aliphatic heterocycles. The average molecular weight is 674 g/mol. The summed E-state index contributed by atoms with van der Waals surface area (Å²) in [6.45, 7) is 1.51. The van der Waals surface area contributed by atoms with E-state index < -0.39 is 29.6 Å². The van der Waals surface area contributed by atoms with Gasteiger partial charge in [0.15, 0.2) is 11.5 Å². The molecule has 6 rings (SSSR count). The van der Waals surface area contributed by atoms with Gasteiger partial charge in [-0.05, 0) is 72.9 Å². The zero-order chi connectivity index (χ0) is 34.1. The lowest BCUT2D eigenvalue weighted by Crippen LogP contribution is -2.46. The normalized spacial score (nSPS) is 16.3. The van der Waals surface area contributed by atoms with E-state index in [1.54, 1.807) is 25.1 Å². The lowest BCUT2D eigenvalue weighted by atomic mass is 9.88. The van der Waals surface area contributed by atoms with Crippen molar-refractivity contribution in [3.05, 3.63) is 100 Å². The first-order valence-electron chi connectivity index (χ1n) is 15.4. The van der Waals surface area contributed by atoms with Crippen LogP contribution in [-0.4, -0.2) is 87.3 Å². The number of carboxylic acid groups (broad SMARTS) is 1. The van der Waals surface area contributed by atoms with Crippen LogP contribution in [0.1, 0.15) is 50.9 Å². The Hall–Kier alpha value is -5.30. The monoisotopic (exact) mass is 673 g/mol. The molecule has 0 bridgehead atoms. The molecule has 0 aliphatic carbocycles. The molecule has 12 nitrogen and oxygen atoms in total. The van der Waals surface area contributed by atoms with E-state index in [1.165, 1.54) is 47.5 Å². The Morgan fingerprint density at radius 2 is 1.65 bits per heavy atom. The fourth-order valence-electron chi connectivity index (χ4n) is 6.38. The number of nitrogens with zero attached hydrogens (tertiary/aromatic N) is 6. The minimum Gasteiger partial charge on any atom is -0.478 e. The number of fused-ring (bicyclic) bond motifs is 1. The van der Waals surface area contributed by atoms with Gasteiger partial charge in [-0.25, -0.2) is 13.9 Å². The van der Waals surface area contributed by atoms with E-state index in [2.05, 4.69) is 20.5 Å². The first-order valence-corrected chi connectivity index (χ1v) is 15.8. The number of aromatic nitrogens is 3. The van der Waals surface area contributed by atoms with Crippen LogP contribution in [0.15, 0.2) is 66.9 Å². The lowest BCUT2D eigenvalue weighted by Gasteiger charge is -2.40. The van der Waals surface area contributed by atoms with Crippen LogP contribution in [-0.2, 0) is 16.0 Å². The predicted octanol–water partition coefficient (Wildman–Crippen LogP) is 4.44. The van der Waals surface area contributed by atoms with Crippen molar-refractivity contribution in [2.75, 3.05) is 43.9 Å². The summed E-state index contributed by atoms with van der Waals surface area (Å²) in [6, 6.07) is 14.7. The fraction of sp³-hybridized carbons (Fsp3) is 0.294. The molecule has 4 aromatic rings. The standard InChI is InChI=1S/C34H33ClFN7O5/c1-40(2)32(45)20-13-16-41(17-14-20)27-7-3-5-24-23(27)15-18-42(30(24)31(44)37-22-11-9-21(10-12-22)34(47)48)33(46)26-19-43(39-38-26)28-8-4-6-25(35)29(28)36/h3-12,19-20,30H,13-18H2,1-2H3,(H,37,44)(H,47,48)/t30-/m0/s1. The van der Waals surface area contributed by atoms with Gasteiger partial charge in [0.25, 0.3) is 11.8 Å². The molecule has 2 N–H and O–H groups in total. The van der Waals surface area contributed by atoms with E-state index in [0.717, 1.165) is 15.9 Å². The number of amides is 3. The molecule has 0 saturated carbocycles. The highest BCUT2D eigenvalue weighted by Crippen LogP contribution is 2.38. The Morgan fingerprint density at radius 1 is 0.958 bits per heavy atom. The number of anilines is 2. The zero-order valence-electron chi connectivity index (χ0n) is 26.3. The number of carboxylic acids is 1. The van der Waals surface area contributed by atoms with Crippen LogP contribution in [0.5, 0.6) is 0 Å². The maximum absolute atomic E-state index is 14.7. The molecule has 248 valence electrons. The summed E-state index contributed by atoms with van der Waals surface area (Å²) in [7, 11) is 3.52. The van der Waals surface area contributed by atoms with E-state index in [9.17, 15) is 28.7 Å². The summed E-state index contributed by atoms with van der Waals surface area (Å²) in [5.41, 5.74) is 2.84. The maximum Gasteiger partial charge on any atom is 0.335 e. The van der Waals surface area contributed by atoms with Gasteiger partial charge < -0.3 is 25.1 Å². The first-order chi connectivity index (χ1) is 23.0. The van der Waals surface area contributed by atoms with Gasteiger partial charge in [-0.3, -0.25) is 14.4 Å². The van der Waals surface area contributed by atoms with Gasteiger partial charge in [0.1, 0.15) is 11.7 Å². The second kappa shape index (κ2) is 13.4. The average Bonchev–Trinajstić information content (AvgIpc) is 3.58. The zero-order valence-corrected chi connectivity index (χ0v) is 27.0. The third kappa shape index (κ3) is 6.33. The molecule has 0 spiro atoms. The van der Waals surface area contributed by atoms with Crippen LogP contribution in [0.25, 0.3) is 5.69 Å². The number of halogens is 2. The molecule has 14 heteroatoms. The largest absolute Gasteiger partial charge is 0.478 e. The summed E-state index contributed by atoms with van der Waals surface area (Å²) in [6.07, 6.45) is 3.14. The number of carbonyl (C=O) groups is 4. The van der Waals surface area contributed by atoms with Gasteiger partial charge in [0.2, 0.25) is 5.91 Å². The van der Waals surface area contributed by atoms with E-state index in [0.29, 0.717) is 43.6 Å². The predicted molar refractivity (Wildman–Crippen MR) is 176 cm³/mol. The van der Waals surface area contributed by atoms with Crippen LogP contribution in [0.2, 0.25) is 5.02 Å².